The van der Waals surface area contributed by atoms with Gasteiger partial charge in [0.2, 0.25) is 11.8 Å². The minimum atomic E-state index is -1.91. The first-order valence-corrected chi connectivity index (χ1v) is 19.8. The quantitative estimate of drug-likeness (QED) is 0.0269. The van der Waals surface area contributed by atoms with Gasteiger partial charge in [-0.3, -0.25) is 19.8 Å². The van der Waals surface area contributed by atoms with Crippen molar-refractivity contribution in [2.75, 3.05) is 65.9 Å². The van der Waals surface area contributed by atoms with E-state index in [4.69, 9.17) is 43.6 Å². The molecular formula is C35H64N4O21. The molecule has 25 heteroatoms. The molecule has 0 bridgehead atoms. The second-order valence-corrected chi connectivity index (χ2v) is 14.4. The lowest BCUT2D eigenvalue weighted by Gasteiger charge is -2.46. The summed E-state index contributed by atoms with van der Waals surface area (Å²) in [6, 6.07) is -0.506. The van der Waals surface area contributed by atoms with Crippen LogP contribution >= 0.6 is 0 Å². The summed E-state index contributed by atoms with van der Waals surface area (Å²) >= 11 is 0. The summed E-state index contributed by atoms with van der Waals surface area (Å²) in [6.45, 7) is -0.165. The Bertz CT molecular complexity index is 1260. The van der Waals surface area contributed by atoms with Crippen molar-refractivity contribution in [2.45, 2.75) is 137 Å². The molecule has 0 radical (unpaired) electrons. The van der Waals surface area contributed by atoms with E-state index in [1.165, 1.54) is 6.92 Å². The molecule has 3 aliphatic heterocycles. The predicted molar refractivity (Wildman–Crippen MR) is 198 cm³/mol. The molecule has 25 nitrogen and oxygen atoms in total. The van der Waals surface area contributed by atoms with Crippen LogP contribution in [0.15, 0.2) is 0 Å². The Morgan fingerprint density at radius 2 is 1.18 bits per heavy atom. The van der Waals surface area contributed by atoms with Gasteiger partial charge in [0.1, 0.15) is 79.0 Å². The fourth-order valence-electron chi connectivity index (χ4n) is 6.27. The number of unbranched alkanes of at least 4 members (excludes halogenated alkanes) is 1. The molecule has 0 aromatic rings. The Labute approximate surface area is 345 Å². The van der Waals surface area contributed by atoms with Gasteiger partial charge in [-0.1, -0.05) is 6.42 Å². The number of amides is 2. The lowest BCUT2D eigenvalue weighted by Crippen LogP contribution is -2.65. The molecule has 350 valence electrons. The monoisotopic (exact) mass is 876 g/mol. The van der Waals surface area contributed by atoms with Crippen molar-refractivity contribution in [1.29, 1.82) is 0 Å². The van der Waals surface area contributed by atoms with Crippen LogP contribution in [0.4, 0.5) is 0 Å². The maximum Gasteiger partial charge on any atom is 0.236 e. The van der Waals surface area contributed by atoms with Crippen molar-refractivity contribution in [3.8, 4) is 0 Å². The van der Waals surface area contributed by atoms with Gasteiger partial charge < -0.3 is 100 Å². The summed E-state index contributed by atoms with van der Waals surface area (Å²) in [5.41, 5.74) is 10.7. The first-order valence-electron chi connectivity index (χ1n) is 19.8. The summed E-state index contributed by atoms with van der Waals surface area (Å²) in [6.07, 6.45) is -23.3. The van der Waals surface area contributed by atoms with Crippen LogP contribution in [0.3, 0.4) is 0 Å². The van der Waals surface area contributed by atoms with Crippen molar-refractivity contribution >= 4 is 17.6 Å². The van der Waals surface area contributed by atoms with Gasteiger partial charge in [-0.2, -0.15) is 0 Å². The van der Waals surface area contributed by atoms with Gasteiger partial charge in [0.25, 0.3) is 0 Å². The highest BCUT2D eigenvalue weighted by atomic mass is 16.7. The van der Waals surface area contributed by atoms with Gasteiger partial charge in [0.05, 0.1) is 65.3 Å². The van der Waals surface area contributed by atoms with E-state index in [2.05, 4.69) is 16.2 Å². The van der Waals surface area contributed by atoms with E-state index in [1.54, 1.807) is 0 Å². The standard InChI is InChI=1S/C35H64N4O21/c1-17(42)18(4-2-3-7-36)38-39-23(44)6-10-54-13-12-53-9-5-22(43)37-8-11-55-34-31(52)32(60-35-30(51)28(49)25(46)20(15-41)58-35)26(47)21(59-34)16-56-33-29(50)27(48)24(45)19(14-40)57-33/h18-21,24-35,38,40-41,45-52H,2-16,36H2,1H3,(H,37,43)(H,39,44)/t18-,19+,20+,21+,24+,25+,26+,27-,28-,29-,30-,31-,32-,33-,34+,35+/m0/s1. The van der Waals surface area contributed by atoms with Crippen LogP contribution < -0.4 is 21.9 Å². The first kappa shape index (κ1) is 52.2. The minimum absolute atomic E-state index is 0.0342. The third-order valence-electron chi connectivity index (χ3n) is 9.90. The first-order chi connectivity index (χ1) is 28.6. The van der Waals surface area contributed by atoms with Gasteiger partial charge in [-0.15, -0.1) is 0 Å². The van der Waals surface area contributed by atoms with Crippen molar-refractivity contribution in [2.24, 2.45) is 5.73 Å². The van der Waals surface area contributed by atoms with Gasteiger partial charge in [0, 0.05) is 13.0 Å². The molecule has 0 aromatic carbocycles. The smallest absolute Gasteiger partial charge is 0.236 e. The number of nitrogens with two attached hydrogens (primary N) is 1. The van der Waals surface area contributed by atoms with E-state index < -0.39 is 124 Å². The fraction of sp³-hybridized carbons (Fsp3) is 0.914. The molecule has 15 N–H and O–H groups in total. The highest BCUT2D eigenvalue weighted by Gasteiger charge is 2.52. The minimum Gasteiger partial charge on any atom is -0.394 e. The van der Waals surface area contributed by atoms with Crippen LogP contribution in [0.1, 0.15) is 39.0 Å². The number of carbonyl (C=O) groups excluding carboxylic acids is 3. The average Bonchev–Trinajstić information content (AvgIpc) is 3.22. The number of hydrogen-bond acceptors (Lipinski definition) is 23. The molecule has 0 unspecified atom stereocenters. The number of aliphatic hydroxyl groups excluding tert-OH is 10. The zero-order valence-corrected chi connectivity index (χ0v) is 33.4. The van der Waals surface area contributed by atoms with Crippen molar-refractivity contribution in [3.63, 3.8) is 0 Å². The Balaban J connectivity index is 1.43. The number of ketones is 1. The molecule has 60 heavy (non-hydrogen) atoms. The van der Waals surface area contributed by atoms with Crippen molar-refractivity contribution in [1.82, 2.24) is 16.2 Å². The molecule has 0 saturated carbocycles. The maximum absolute atomic E-state index is 12.4. The van der Waals surface area contributed by atoms with E-state index in [1.807, 2.05) is 0 Å². The van der Waals surface area contributed by atoms with Crippen LogP contribution in [0.2, 0.25) is 0 Å². The molecule has 0 aliphatic carbocycles. The Morgan fingerprint density at radius 1 is 0.633 bits per heavy atom. The van der Waals surface area contributed by atoms with Crippen LogP contribution in [-0.2, 0) is 52.3 Å². The van der Waals surface area contributed by atoms with Crippen LogP contribution in [0.5, 0.6) is 0 Å². The van der Waals surface area contributed by atoms with Gasteiger partial charge in [-0.05, 0) is 26.3 Å². The van der Waals surface area contributed by atoms with Gasteiger partial charge in [0.15, 0.2) is 18.9 Å². The largest absolute Gasteiger partial charge is 0.394 e. The van der Waals surface area contributed by atoms with Gasteiger partial charge in [-0.25, -0.2) is 5.43 Å². The van der Waals surface area contributed by atoms with E-state index in [-0.39, 0.29) is 64.1 Å². The molecule has 0 spiro atoms. The van der Waals surface area contributed by atoms with Crippen LogP contribution in [-0.4, -0.2) is 233 Å². The summed E-state index contributed by atoms with van der Waals surface area (Å²) in [7, 11) is 0. The summed E-state index contributed by atoms with van der Waals surface area (Å²) in [5, 5.41) is 105. The van der Waals surface area contributed by atoms with Crippen molar-refractivity contribution < 1.29 is 103 Å². The number of hydrazine groups is 1. The number of Topliss-reactive ketones (excluding diaryl/α,β-unsaturated/α-hetero) is 1. The summed E-state index contributed by atoms with van der Waals surface area (Å²) < 4.78 is 44.0. The van der Waals surface area contributed by atoms with Crippen LogP contribution in [0, 0.1) is 0 Å². The zero-order chi connectivity index (χ0) is 44.4. The van der Waals surface area contributed by atoms with Crippen LogP contribution in [0.25, 0.3) is 0 Å². The summed E-state index contributed by atoms with van der Waals surface area (Å²) in [4.78, 5) is 36.1. The van der Waals surface area contributed by atoms with E-state index >= 15 is 0 Å². The third kappa shape index (κ3) is 15.9. The SMILES string of the molecule is CC(=O)[C@H](CCCCN)NNC(=O)CCOCCOCCC(=O)NCCO[C@@H]1O[C@H](CO[C@H]2O[C@H](CO)[C@@H](O)[C@H](O)[C@@H]2O)[C@@H](O)[C@H](O[C@H]2O[C@H](CO)[C@@H](O)[C@H](O)[C@@H]2O)[C@@H]1O. The molecule has 16 atom stereocenters. The molecule has 3 fully saturated rings. The highest BCUT2D eigenvalue weighted by molar-refractivity contribution is 5.82. The molecule has 2 amide bonds. The third-order valence-corrected chi connectivity index (χ3v) is 9.90. The number of aliphatic hydroxyl groups is 10. The second-order valence-electron chi connectivity index (χ2n) is 14.4. The zero-order valence-electron chi connectivity index (χ0n) is 33.4. The number of carbonyl (C=O) groups is 3. The van der Waals surface area contributed by atoms with E-state index in [9.17, 15) is 65.4 Å². The molecule has 3 aliphatic rings. The number of rotatable bonds is 27. The van der Waals surface area contributed by atoms with Gasteiger partial charge >= 0.3 is 0 Å². The number of nitrogens with one attached hydrogen (secondary N) is 3. The maximum atomic E-state index is 12.4. The predicted octanol–water partition coefficient (Wildman–Crippen LogP) is -7.91. The number of hydrogen-bond donors (Lipinski definition) is 14. The summed E-state index contributed by atoms with van der Waals surface area (Å²) in [5.74, 6) is -0.884. The highest BCUT2D eigenvalue weighted by Crippen LogP contribution is 2.31. The molecular weight excluding hydrogens is 812 g/mol. The second kappa shape index (κ2) is 27.1. The lowest BCUT2D eigenvalue weighted by molar-refractivity contribution is -0.366. The molecule has 3 rings (SSSR count). The Morgan fingerprint density at radius 3 is 1.77 bits per heavy atom. The van der Waals surface area contributed by atoms with E-state index in [0.29, 0.717) is 13.0 Å². The lowest BCUT2D eigenvalue weighted by atomic mass is 9.96. The fourth-order valence-corrected chi connectivity index (χ4v) is 6.27. The Hall–Kier alpha value is -2.19. The molecule has 3 heterocycles. The van der Waals surface area contributed by atoms with Crippen molar-refractivity contribution in [3.05, 3.63) is 0 Å². The number of ether oxygens (including phenoxy) is 8. The Kier molecular flexibility index (Phi) is 23.6. The van der Waals surface area contributed by atoms with E-state index in [0.717, 1.165) is 12.8 Å². The topological polar surface area (TPSA) is 389 Å². The molecule has 0 aromatic heterocycles. The molecule has 3 saturated heterocycles. The average molecular weight is 877 g/mol. The normalized spacial score (nSPS) is 35.2.